The van der Waals surface area contributed by atoms with Gasteiger partial charge in [0.2, 0.25) is 0 Å². The number of hydrogen-bond acceptors (Lipinski definition) is 3. The van der Waals surface area contributed by atoms with Gasteiger partial charge in [-0.15, -0.1) is 0 Å². The first-order valence-corrected chi connectivity index (χ1v) is 7.09. The fourth-order valence-electron chi connectivity index (χ4n) is 2.83. The van der Waals surface area contributed by atoms with E-state index in [2.05, 4.69) is 6.07 Å². The van der Waals surface area contributed by atoms with Crippen LogP contribution in [0.25, 0.3) is 21.5 Å². The topological polar surface area (TPSA) is 60.7 Å². The molecule has 3 aromatic rings. The Hall–Kier alpha value is -1.94. The second kappa shape index (κ2) is 5.82. The van der Waals surface area contributed by atoms with Gasteiger partial charge in [0.15, 0.2) is 0 Å². The summed E-state index contributed by atoms with van der Waals surface area (Å²) in [7, 11) is 0. The molecule has 21 heavy (non-hydrogen) atoms. The number of hydrogen-bond donors (Lipinski definition) is 3. The smallest absolute Gasteiger partial charge is 0.106 e. The highest BCUT2D eigenvalue weighted by Crippen LogP contribution is 2.33. The lowest BCUT2D eigenvalue weighted by Crippen LogP contribution is -2.19. The minimum atomic E-state index is -1.01. The first kappa shape index (κ1) is 14.0. The van der Waals surface area contributed by atoms with Crippen molar-refractivity contribution < 1.29 is 15.3 Å². The van der Waals surface area contributed by atoms with Crippen LogP contribution in [0.2, 0.25) is 0 Å². The van der Waals surface area contributed by atoms with Crippen LogP contribution in [0.5, 0.6) is 0 Å². The first-order chi connectivity index (χ1) is 10.2. The van der Waals surface area contributed by atoms with Crippen LogP contribution in [0.1, 0.15) is 18.1 Å². The second-order valence-electron chi connectivity index (χ2n) is 5.26. The number of benzene rings is 3. The fraction of sp³-hybridized carbons (Fsp3) is 0.222. The van der Waals surface area contributed by atoms with Crippen molar-refractivity contribution >= 4 is 21.5 Å². The molecule has 0 fully saturated rings. The maximum Gasteiger partial charge on any atom is 0.106 e. The monoisotopic (exact) mass is 282 g/mol. The molecular weight excluding hydrogens is 264 g/mol. The lowest BCUT2D eigenvalue weighted by molar-refractivity contribution is 0.00506. The van der Waals surface area contributed by atoms with Crippen LogP contribution >= 0.6 is 0 Å². The molecule has 0 radical (unpaired) electrons. The Kier molecular flexibility index (Phi) is 3.88. The fourth-order valence-corrected chi connectivity index (χ4v) is 2.83. The molecule has 2 unspecified atom stereocenters. The molecule has 3 N–H and O–H groups in total. The molecule has 0 bridgehead atoms. The summed E-state index contributed by atoms with van der Waals surface area (Å²) < 4.78 is 0. The zero-order valence-electron chi connectivity index (χ0n) is 11.6. The van der Waals surface area contributed by atoms with Crippen LogP contribution in [-0.4, -0.2) is 28.0 Å². The Morgan fingerprint density at radius 2 is 1.43 bits per heavy atom. The Balaban J connectivity index is 2.25. The zero-order chi connectivity index (χ0) is 14.8. The van der Waals surface area contributed by atoms with Crippen LogP contribution in [0, 0.1) is 0 Å². The highest BCUT2D eigenvalue weighted by atomic mass is 16.3. The summed E-state index contributed by atoms with van der Waals surface area (Å²) >= 11 is 0. The summed E-state index contributed by atoms with van der Waals surface area (Å²) in [6.45, 7) is -0.149. The maximum atomic E-state index is 10.4. The van der Waals surface area contributed by atoms with Gasteiger partial charge in [0.25, 0.3) is 0 Å². The third-order valence-corrected chi connectivity index (χ3v) is 3.91. The van der Waals surface area contributed by atoms with Crippen LogP contribution in [0.15, 0.2) is 54.6 Å². The molecule has 3 rings (SSSR count). The van der Waals surface area contributed by atoms with E-state index in [1.807, 2.05) is 48.5 Å². The third kappa shape index (κ3) is 2.51. The number of fused-ring (bicyclic) bond motifs is 3. The van der Waals surface area contributed by atoms with Gasteiger partial charge in [-0.25, -0.2) is 0 Å². The standard InChI is InChI=1S/C18H18O3/c19-10-9-17(20)18(21)16-11-12-5-1-2-6-13(12)14-7-3-4-8-15(14)16/h1-8,11,17-21H,9-10H2. The summed E-state index contributed by atoms with van der Waals surface area (Å²) in [6, 6.07) is 17.8. The summed E-state index contributed by atoms with van der Waals surface area (Å²) in [6.07, 6.45) is -1.83. The number of aliphatic hydroxyl groups is 3. The van der Waals surface area contributed by atoms with Gasteiger partial charge < -0.3 is 15.3 Å². The van der Waals surface area contributed by atoms with E-state index in [-0.39, 0.29) is 13.0 Å². The van der Waals surface area contributed by atoms with E-state index in [0.29, 0.717) is 5.56 Å². The van der Waals surface area contributed by atoms with Crippen molar-refractivity contribution in [3.05, 3.63) is 60.2 Å². The minimum absolute atomic E-state index is 0.149. The molecule has 0 saturated carbocycles. The van der Waals surface area contributed by atoms with E-state index in [4.69, 9.17) is 5.11 Å². The maximum absolute atomic E-state index is 10.4. The summed E-state index contributed by atoms with van der Waals surface area (Å²) in [5.41, 5.74) is 0.699. The predicted molar refractivity (Wildman–Crippen MR) is 84.1 cm³/mol. The molecule has 0 spiro atoms. The van der Waals surface area contributed by atoms with Gasteiger partial charge in [-0.05, 0) is 39.6 Å². The zero-order valence-corrected chi connectivity index (χ0v) is 11.6. The normalized spacial score (nSPS) is 14.4. The molecule has 3 nitrogen and oxygen atoms in total. The van der Waals surface area contributed by atoms with E-state index in [9.17, 15) is 10.2 Å². The Morgan fingerprint density at radius 3 is 2.14 bits per heavy atom. The molecule has 0 aromatic heterocycles. The molecular formula is C18H18O3. The molecule has 0 aliphatic carbocycles. The Bertz CT molecular complexity index is 767. The lowest BCUT2D eigenvalue weighted by atomic mass is 9.92. The van der Waals surface area contributed by atoms with E-state index in [0.717, 1.165) is 21.5 Å². The van der Waals surface area contributed by atoms with Crippen molar-refractivity contribution in [1.29, 1.82) is 0 Å². The average molecular weight is 282 g/mol. The van der Waals surface area contributed by atoms with Gasteiger partial charge in [0, 0.05) is 6.61 Å². The third-order valence-electron chi connectivity index (χ3n) is 3.91. The van der Waals surface area contributed by atoms with Crippen LogP contribution < -0.4 is 0 Å². The molecule has 0 aliphatic heterocycles. The second-order valence-corrected chi connectivity index (χ2v) is 5.26. The van der Waals surface area contributed by atoms with Crippen LogP contribution in [-0.2, 0) is 0 Å². The highest BCUT2D eigenvalue weighted by Gasteiger charge is 2.20. The lowest BCUT2D eigenvalue weighted by Gasteiger charge is -2.20. The van der Waals surface area contributed by atoms with Gasteiger partial charge in [-0.1, -0.05) is 48.5 Å². The van der Waals surface area contributed by atoms with Crippen molar-refractivity contribution in [1.82, 2.24) is 0 Å². The van der Waals surface area contributed by atoms with Crippen molar-refractivity contribution in [3.8, 4) is 0 Å². The molecule has 0 aliphatic rings. The van der Waals surface area contributed by atoms with Gasteiger partial charge in [-0.2, -0.15) is 0 Å². The molecule has 3 heteroatoms. The summed E-state index contributed by atoms with van der Waals surface area (Å²) in [5.74, 6) is 0. The number of rotatable bonds is 4. The highest BCUT2D eigenvalue weighted by molar-refractivity contribution is 6.09. The molecule has 3 aromatic carbocycles. The molecule has 0 saturated heterocycles. The largest absolute Gasteiger partial charge is 0.396 e. The van der Waals surface area contributed by atoms with E-state index in [1.54, 1.807) is 0 Å². The van der Waals surface area contributed by atoms with Crippen LogP contribution in [0.3, 0.4) is 0 Å². The first-order valence-electron chi connectivity index (χ1n) is 7.09. The minimum Gasteiger partial charge on any atom is -0.396 e. The number of aliphatic hydroxyl groups excluding tert-OH is 3. The molecule has 0 amide bonds. The SMILES string of the molecule is OCCC(O)C(O)c1cc2ccccc2c2ccccc12. The Morgan fingerprint density at radius 1 is 0.810 bits per heavy atom. The van der Waals surface area contributed by atoms with Gasteiger partial charge in [0.1, 0.15) is 6.10 Å². The van der Waals surface area contributed by atoms with Gasteiger partial charge in [-0.3, -0.25) is 0 Å². The van der Waals surface area contributed by atoms with Crippen LogP contribution in [0.4, 0.5) is 0 Å². The van der Waals surface area contributed by atoms with Gasteiger partial charge in [0.05, 0.1) is 6.10 Å². The quantitative estimate of drug-likeness (QED) is 0.645. The van der Waals surface area contributed by atoms with Gasteiger partial charge >= 0.3 is 0 Å². The summed E-state index contributed by atoms with van der Waals surface area (Å²) in [5, 5.41) is 33.5. The summed E-state index contributed by atoms with van der Waals surface area (Å²) in [4.78, 5) is 0. The molecule has 2 atom stereocenters. The van der Waals surface area contributed by atoms with Crippen molar-refractivity contribution in [2.24, 2.45) is 0 Å². The average Bonchev–Trinajstić information content (AvgIpc) is 2.53. The van der Waals surface area contributed by atoms with Crippen molar-refractivity contribution in [3.63, 3.8) is 0 Å². The van der Waals surface area contributed by atoms with E-state index < -0.39 is 12.2 Å². The molecule has 0 heterocycles. The van der Waals surface area contributed by atoms with E-state index >= 15 is 0 Å². The predicted octanol–water partition coefficient (Wildman–Crippen LogP) is 2.77. The van der Waals surface area contributed by atoms with E-state index in [1.165, 1.54) is 0 Å². The Labute approximate surface area is 123 Å². The molecule has 108 valence electrons. The van der Waals surface area contributed by atoms with Crippen molar-refractivity contribution in [2.75, 3.05) is 6.61 Å². The van der Waals surface area contributed by atoms with Crippen molar-refractivity contribution in [2.45, 2.75) is 18.6 Å².